The summed E-state index contributed by atoms with van der Waals surface area (Å²) >= 11 is 0. The number of hydrogen-bond donors (Lipinski definition) is 1. The van der Waals surface area contributed by atoms with Crippen molar-refractivity contribution in [3.05, 3.63) is 40.6 Å². The average Bonchev–Trinajstić information content (AvgIpc) is 2.46. The lowest BCUT2D eigenvalue weighted by Crippen LogP contribution is -2.17. The van der Waals surface area contributed by atoms with Crippen LogP contribution in [0.5, 0.6) is 17.4 Å². The van der Waals surface area contributed by atoms with Crippen molar-refractivity contribution in [2.75, 3.05) is 0 Å². The van der Waals surface area contributed by atoms with Crippen LogP contribution < -0.4 is 9.47 Å². The highest BCUT2D eigenvalue weighted by atomic mass is 19.4. The molecule has 0 bridgehead atoms. The molecule has 0 aliphatic carbocycles. The van der Waals surface area contributed by atoms with Gasteiger partial charge in [-0.25, -0.2) is 4.79 Å². The molecule has 0 aliphatic heterocycles. The van der Waals surface area contributed by atoms with Crippen LogP contribution in [0.15, 0.2) is 18.2 Å². The first kappa shape index (κ1) is 20.3. The Balaban J connectivity index is 2.43. The van der Waals surface area contributed by atoms with Crippen molar-refractivity contribution in [1.82, 2.24) is 10.2 Å². The van der Waals surface area contributed by atoms with Gasteiger partial charge < -0.3 is 14.6 Å². The van der Waals surface area contributed by atoms with Gasteiger partial charge in [-0.2, -0.15) is 13.2 Å². The van der Waals surface area contributed by atoms with Crippen LogP contribution in [0.3, 0.4) is 0 Å². The maximum atomic E-state index is 12.9. The van der Waals surface area contributed by atoms with Gasteiger partial charge >= 0.3 is 18.5 Å². The second kappa shape index (κ2) is 6.93. The molecule has 0 aliphatic rings. The number of carboxylic acid groups (broad SMARTS) is 1. The maximum Gasteiger partial charge on any atom is 0.573 e. The maximum absolute atomic E-state index is 12.9. The van der Waals surface area contributed by atoms with Crippen molar-refractivity contribution in [2.24, 2.45) is 0 Å². The van der Waals surface area contributed by atoms with Crippen molar-refractivity contribution in [2.45, 2.75) is 26.4 Å². The third-order valence-corrected chi connectivity index (χ3v) is 3.25. The van der Waals surface area contributed by atoms with E-state index in [2.05, 4.69) is 14.9 Å². The molecule has 0 saturated carbocycles. The molecule has 27 heavy (non-hydrogen) atoms. The van der Waals surface area contributed by atoms with Gasteiger partial charge in [0, 0.05) is 5.56 Å². The zero-order valence-electron chi connectivity index (χ0n) is 13.6. The molecule has 12 heteroatoms. The fraction of sp³-hybridized carbons (Fsp3) is 0.267. The third kappa shape index (κ3) is 4.77. The number of ether oxygens (including phenoxy) is 2. The molecule has 0 fully saturated rings. The zero-order chi connectivity index (χ0) is 20.6. The fourth-order valence-electron chi connectivity index (χ4n) is 2.13. The van der Waals surface area contributed by atoms with Crippen LogP contribution >= 0.6 is 0 Å². The Morgan fingerprint density at radius 2 is 1.70 bits per heavy atom. The van der Waals surface area contributed by atoms with Gasteiger partial charge in [-0.3, -0.25) is 0 Å². The van der Waals surface area contributed by atoms with E-state index in [4.69, 9.17) is 4.74 Å². The first-order valence-corrected chi connectivity index (χ1v) is 7.01. The molecule has 0 unspecified atom stereocenters. The average molecular weight is 396 g/mol. The van der Waals surface area contributed by atoms with Crippen LogP contribution in [0.1, 0.15) is 27.2 Å². The summed E-state index contributed by atoms with van der Waals surface area (Å²) in [6.45, 7) is 2.21. The molecular weight excluding hydrogens is 386 g/mol. The van der Waals surface area contributed by atoms with Gasteiger partial charge in [0.25, 0.3) is 5.88 Å². The smallest absolute Gasteiger partial charge is 0.477 e. The van der Waals surface area contributed by atoms with E-state index in [9.17, 15) is 36.2 Å². The minimum Gasteiger partial charge on any atom is -0.477 e. The normalized spacial score (nSPS) is 12.0. The van der Waals surface area contributed by atoms with E-state index in [-0.39, 0.29) is 11.3 Å². The zero-order valence-corrected chi connectivity index (χ0v) is 13.6. The summed E-state index contributed by atoms with van der Waals surface area (Å²) in [5, 5.41) is 15.3. The second-order valence-electron chi connectivity index (χ2n) is 5.23. The number of carbonyl (C=O) groups is 1. The minimum absolute atomic E-state index is 0.0902. The number of aromatic carboxylic acids is 1. The molecule has 0 radical (unpaired) electrons. The van der Waals surface area contributed by atoms with E-state index >= 15 is 0 Å². The van der Waals surface area contributed by atoms with Crippen LogP contribution in [0.25, 0.3) is 0 Å². The summed E-state index contributed by atoms with van der Waals surface area (Å²) in [6.07, 6.45) is -9.84. The van der Waals surface area contributed by atoms with Crippen LogP contribution in [-0.4, -0.2) is 27.6 Å². The first-order valence-electron chi connectivity index (χ1n) is 7.01. The molecule has 1 heterocycles. The number of alkyl halides is 6. The van der Waals surface area contributed by atoms with E-state index in [1.807, 2.05) is 0 Å². The number of carboxylic acids is 1. The SMILES string of the molecule is Cc1cc(OC(F)(F)F)ccc1Oc1nnc(C(F)(F)F)c(C)c1C(=O)O. The lowest BCUT2D eigenvalue weighted by atomic mass is 10.1. The highest BCUT2D eigenvalue weighted by molar-refractivity contribution is 5.92. The largest absolute Gasteiger partial charge is 0.573 e. The number of hydrogen-bond acceptors (Lipinski definition) is 5. The molecule has 0 spiro atoms. The Kier molecular flexibility index (Phi) is 5.20. The first-order chi connectivity index (χ1) is 12.3. The number of rotatable bonds is 4. The Labute approximate surface area is 147 Å². The molecule has 6 nitrogen and oxygen atoms in total. The molecule has 1 aromatic heterocycles. The second-order valence-corrected chi connectivity index (χ2v) is 5.23. The molecule has 146 valence electrons. The van der Waals surface area contributed by atoms with E-state index in [0.717, 1.165) is 25.1 Å². The summed E-state index contributed by atoms with van der Waals surface area (Å²) < 4.78 is 84.1. The Morgan fingerprint density at radius 3 is 2.19 bits per heavy atom. The van der Waals surface area contributed by atoms with Crippen LogP contribution in [0.4, 0.5) is 26.3 Å². The van der Waals surface area contributed by atoms with E-state index in [0.29, 0.717) is 0 Å². The highest BCUT2D eigenvalue weighted by Gasteiger charge is 2.38. The molecular formula is C15H10F6N2O4. The molecule has 1 N–H and O–H groups in total. The molecule has 2 aromatic rings. The van der Waals surface area contributed by atoms with Crippen molar-refractivity contribution >= 4 is 5.97 Å². The standard InChI is InChI=1S/C15H10F6N2O4/c1-6-5-8(27-15(19,20)21)3-4-9(6)26-12-10(13(24)25)7(2)11(22-23-12)14(16,17)18/h3-5H,1-2H3,(H,24,25). The van der Waals surface area contributed by atoms with E-state index < -0.39 is 47.0 Å². The predicted octanol–water partition coefficient (Wildman–Crippen LogP) is 4.50. The van der Waals surface area contributed by atoms with E-state index in [1.165, 1.54) is 6.92 Å². The molecule has 0 amide bonds. The summed E-state index contributed by atoms with van der Waals surface area (Å²) in [5.74, 6) is -3.17. The van der Waals surface area contributed by atoms with Gasteiger partial charge in [0.05, 0.1) is 0 Å². The lowest BCUT2D eigenvalue weighted by molar-refractivity contribution is -0.274. The summed E-state index contributed by atoms with van der Waals surface area (Å²) in [6, 6.07) is 2.87. The van der Waals surface area contributed by atoms with Crippen LogP contribution in [0, 0.1) is 13.8 Å². The number of aryl methyl sites for hydroxylation is 1. The van der Waals surface area contributed by atoms with Gasteiger partial charge in [0.15, 0.2) is 5.69 Å². The van der Waals surface area contributed by atoms with Gasteiger partial charge in [0.2, 0.25) is 0 Å². The molecule has 2 rings (SSSR count). The van der Waals surface area contributed by atoms with Gasteiger partial charge in [-0.05, 0) is 37.6 Å². The van der Waals surface area contributed by atoms with Gasteiger partial charge in [0.1, 0.15) is 17.1 Å². The molecule has 1 aromatic carbocycles. The monoisotopic (exact) mass is 396 g/mol. The van der Waals surface area contributed by atoms with Gasteiger partial charge in [-0.1, -0.05) is 0 Å². The van der Waals surface area contributed by atoms with E-state index in [1.54, 1.807) is 0 Å². The number of aromatic nitrogens is 2. The number of nitrogens with zero attached hydrogens (tertiary/aromatic N) is 2. The highest BCUT2D eigenvalue weighted by Crippen LogP contribution is 2.36. The number of halogens is 6. The Hall–Kier alpha value is -3.05. The quantitative estimate of drug-likeness (QED) is 0.767. The predicted molar refractivity (Wildman–Crippen MR) is 76.7 cm³/mol. The topological polar surface area (TPSA) is 81.5 Å². The summed E-state index contributed by atoms with van der Waals surface area (Å²) in [7, 11) is 0. The van der Waals surface area contributed by atoms with Crippen molar-refractivity contribution in [3.8, 4) is 17.4 Å². The van der Waals surface area contributed by atoms with Crippen LogP contribution in [0.2, 0.25) is 0 Å². The third-order valence-electron chi connectivity index (χ3n) is 3.25. The molecule has 0 saturated heterocycles. The van der Waals surface area contributed by atoms with Gasteiger partial charge in [-0.15, -0.1) is 23.4 Å². The fourth-order valence-corrected chi connectivity index (χ4v) is 2.13. The number of benzene rings is 1. The van der Waals surface area contributed by atoms with Crippen molar-refractivity contribution in [1.29, 1.82) is 0 Å². The van der Waals surface area contributed by atoms with Crippen LogP contribution in [-0.2, 0) is 6.18 Å². The Bertz CT molecular complexity index is 880. The minimum atomic E-state index is -4.92. The summed E-state index contributed by atoms with van der Waals surface area (Å²) in [4.78, 5) is 11.3. The van der Waals surface area contributed by atoms with Crippen molar-refractivity contribution in [3.63, 3.8) is 0 Å². The molecule has 0 atom stereocenters. The Morgan fingerprint density at radius 1 is 1.07 bits per heavy atom. The lowest BCUT2D eigenvalue weighted by Gasteiger charge is -2.15. The summed E-state index contributed by atoms with van der Waals surface area (Å²) in [5.41, 5.74) is -2.98. The van der Waals surface area contributed by atoms with Crippen molar-refractivity contribution < 1.29 is 45.7 Å².